The van der Waals surface area contributed by atoms with Crippen LogP contribution in [0.25, 0.3) is 0 Å². The Bertz CT molecular complexity index is 268. The molecule has 54 valence electrons. The monoisotopic (exact) mass is 144 g/mol. The second-order valence-corrected chi connectivity index (χ2v) is 2.39. The molecule has 0 amide bonds. The van der Waals surface area contributed by atoms with E-state index in [0.717, 1.165) is 18.3 Å². The van der Waals surface area contributed by atoms with Crippen LogP contribution in [0.3, 0.4) is 0 Å². The summed E-state index contributed by atoms with van der Waals surface area (Å²) in [6.07, 6.45) is 1.65. The van der Waals surface area contributed by atoms with Crippen LogP contribution in [0.15, 0.2) is 18.2 Å². The highest BCUT2D eigenvalue weighted by Crippen LogP contribution is 2.02. The summed E-state index contributed by atoms with van der Waals surface area (Å²) in [6.45, 7) is 1.98. The van der Waals surface area contributed by atoms with Gasteiger partial charge in [0.15, 0.2) is 0 Å². The number of benzene rings is 1. The first kappa shape index (κ1) is 8.06. The summed E-state index contributed by atoms with van der Waals surface area (Å²) in [7, 11) is 5.65. The lowest BCUT2D eigenvalue weighted by Gasteiger charge is -2.04. The summed E-state index contributed by atoms with van der Waals surface area (Å²) in [5.41, 5.74) is 2.35. The van der Waals surface area contributed by atoms with E-state index in [1.54, 1.807) is 12.1 Å². The van der Waals surface area contributed by atoms with Gasteiger partial charge >= 0.3 is 0 Å². The second kappa shape index (κ2) is 3.38. The molecule has 1 aromatic rings. The maximum atomic E-state index is 10.5. The Morgan fingerprint density at radius 3 is 2.73 bits per heavy atom. The van der Waals surface area contributed by atoms with Crippen LogP contribution in [0.1, 0.15) is 22.8 Å². The van der Waals surface area contributed by atoms with E-state index < -0.39 is 0 Å². The SMILES string of the molecule is [B]c1cccc(C=O)c1CC. The molecule has 0 fully saturated rings. The van der Waals surface area contributed by atoms with E-state index in [1.807, 2.05) is 13.0 Å². The summed E-state index contributed by atoms with van der Waals surface area (Å²) in [5.74, 6) is 0. The van der Waals surface area contributed by atoms with Crippen molar-refractivity contribution in [2.45, 2.75) is 13.3 Å². The van der Waals surface area contributed by atoms with Crippen LogP contribution >= 0.6 is 0 Å². The highest BCUT2D eigenvalue weighted by Gasteiger charge is 1.99. The fourth-order valence-electron chi connectivity index (χ4n) is 1.14. The fraction of sp³-hybridized carbons (Fsp3) is 0.222. The van der Waals surface area contributed by atoms with Gasteiger partial charge < -0.3 is 0 Å². The van der Waals surface area contributed by atoms with Crippen LogP contribution in [-0.4, -0.2) is 14.1 Å². The molecule has 0 aromatic heterocycles. The molecule has 0 saturated heterocycles. The van der Waals surface area contributed by atoms with Crippen molar-refractivity contribution in [3.8, 4) is 0 Å². The molecule has 0 unspecified atom stereocenters. The zero-order valence-corrected chi connectivity index (χ0v) is 6.50. The zero-order chi connectivity index (χ0) is 8.27. The largest absolute Gasteiger partial charge is 0.298 e. The number of rotatable bonds is 2. The van der Waals surface area contributed by atoms with Gasteiger partial charge in [-0.15, -0.1) is 0 Å². The van der Waals surface area contributed by atoms with Gasteiger partial charge in [-0.3, -0.25) is 4.79 Å². The molecule has 2 heteroatoms. The molecule has 0 spiro atoms. The third-order valence-corrected chi connectivity index (χ3v) is 1.73. The average molecular weight is 144 g/mol. The zero-order valence-electron chi connectivity index (χ0n) is 6.50. The second-order valence-electron chi connectivity index (χ2n) is 2.39. The van der Waals surface area contributed by atoms with E-state index in [-0.39, 0.29) is 0 Å². The first-order valence-corrected chi connectivity index (χ1v) is 3.62. The molecule has 1 nitrogen and oxygen atoms in total. The van der Waals surface area contributed by atoms with Gasteiger partial charge in [0.2, 0.25) is 0 Å². The van der Waals surface area contributed by atoms with Crippen LogP contribution in [0.2, 0.25) is 0 Å². The van der Waals surface area contributed by atoms with Crippen molar-refractivity contribution in [2.24, 2.45) is 0 Å². The Morgan fingerprint density at radius 1 is 1.55 bits per heavy atom. The number of aldehydes is 1. The summed E-state index contributed by atoms with van der Waals surface area (Å²) in [5, 5.41) is 0. The van der Waals surface area contributed by atoms with E-state index >= 15 is 0 Å². The van der Waals surface area contributed by atoms with Crippen LogP contribution in [0.4, 0.5) is 0 Å². The van der Waals surface area contributed by atoms with Crippen molar-refractivity contribution in [3.63, 3.8) is 0 Å². The van der Waals surface area contributed by atoms with Crippen LogP contribution in [0, 0.1) is 0 Å². The maximum absolute atomic E-state index is 10.5. The highest BCUT2D eigenvalue weighted by atomic mass is 16.1. The first-order valence-electron chi connectivity index (χ1n) is 3.62. The molecular weight excluding hydrogens is 135 g/mol. The lowest BCUT2D eigenvalue weighted by atomic mass is 9.87. The number of hydrogen-bond donors (Lipinski definition) is 0. The molecule has 1 rings (SSSR count). The van der Waals surface area contributed by atoms with Gasteiger partial charge in [0.1, 0.15) is 14.1 Å². The van der Waals surface area contributed by atoms with Crippen molar-refractivity contribution in [1.29, 1.82) is 0 Å². The Hall–Kier alpha value is -1.05. The topological polar surface area (TPSA) is 17.1 Å². The summed E-state index contributed by atoms with van der Waals surface area (Å²) in [6, 6.07) is 5.38. The van der Waals surface area contributed by atoms with Gasteiger partial charge in [-0.1, -0.05) is 30.6 Å². The Labute approximate surface area is 67.8 Å². The maximum Gasteiger partial charge on any atom is 0.150 e. The fourth-order valence-corrected chi connectivity index (χ4v) is 1.14. The molecule has 1 aromatic carbocycles. The van der Waals surface area contributed by atoms with E-state index in [0.29, 0.717) is 11.0 Å². The standard InChI is InChI=1S/C9H9BO/c1-2-8-7(6-11)4-3-5-9(8)10/h3-6H,2H2,1H3. The lowest BCUT2D eigenvalue weighted by molar-refractivity contribution is 0.112. The highest BCUT2D eigenvalue weighted by molar-refractivity contribution is 6.33. The number of carbonyl (C=O) groups is 1. The minimum absolute atomic E-state index is 0.701. The van der Waals surface area contributed by atoms with Gasteiger partial charge in [-0.2, -0.15) is 0 Å². The minimum Gasteiger partial charge on any atom is -0.298 e. The van der Waals surface area contributed by atoms with Crippen molar-refractivity contribution in [2.75, 3.05) is 0 Å². The van der Waals surface area contributed by atoms with E-state index in [2.05, 4.69) is 0 Å². The smallest absolute Gasteiger partial charge is 0.150 e. The Kier molecular flexibility index (Phi) is 2.47. The molecule has 2 radical (unpaired) electrons. The molecule has 0 bridgehead atoms. The molecule has 0 aliphatic heterocycles. The van der Waals surface area contributed by atoms with Gasteiger partial charge in [0.05, 0.1) is 0 Å². The molecule has 0 N–H and O–H groups in total. The van der Waals surface area contributed by atoms with Gasteiger partial charge in [-0.05, 0) is 12.0 Å². The first-order chi connectivity index (χ1) is 5.29. The average Bonchev–Trinajstić information content (AvgIpc) is 2.04. The molecule has 0 heterocycles. The van der Waals surface area contributed by atoms with Gasteiger partial charge in [-0.25, -0.2) is 0 Å². The Balaban J connectivity index is 3.23. The Morgan fingerprint density at radius 2 is 2.27 bits per heavy atom. The quantitative estimate of drug-likeness (QED) is 0.444. The molecule has 0 saturated carbocycles. The van der Waals surface area contributed by atoms with Crippen molar-refractivity contribution in [1.82, 2.24) is 0 Å². The molecular formula is C9H9BO. The summed E-state index contributed by atoms with van der Waals surface area (Å²) < 4.78 is 0. The van der Waals surface area contributed by atoms with Crippen LogP contribution in [-0.2, 0) is 6.42 Å². The number of hydrogen-bond acceptors (Lipinski definition) is 1. The van der Waals surface area contributed by atoms with E-state index in [1.165, 1.54) is 0 Å². The van der Waals surface area contributed by atoms with Crippen molar-refractivity contribution < 1.29 is 4.79 Å². The number of carbonyl (C=O) groups excluding carboxylic acids is 1. The van der Waals surface area contributed by atoms with Crippen LogP contribution in [0.5, 0.6) is 0 Å². The van der Waals surface area contributed by atoms with E-state index in [9.17, 15) is 4.79 Å². The molecule has 0 atom stereocenters. The normalized spacial score (nSPS) is 9.55. The predicted molar refractivity (Wildman–Crippen MR) is 46.6 cm³/mol. The third-order valence-electron chi connectivity index (χ3n) is 1.73. The lowest BCUT2D eigenvalue weighted by Crippen LogP contribution is -2.11. The van der Waals surface area contributed by atoms with Crippen LogP contribution < -0.4 is 5.46 Å². The minimum atomic E-state index is 0.701. The van der Waals surface area contributed by atoms with Crippen molar-refractivity contribution >= 4 is 19.6 Å². The third kappa shape index (κ3) is 1.51. The summed E-state index contributed by atoms with van der Waals surface area (Å²) >= 11 is 0. The predicted octanol–water partition coefficient (Wildman–Crippen LogP) is 0.855. The molecule has 11 heavy (non-hydrogen) atoms. The van der Waals surface area contributed by atoms with E-state index in [4.69, 9.17) is 7.85 Å². The van der Waals surface area contributed by atoms with Crippen molar-refractivity contribution in [3.05, 3.63) is 29.3 Å². The molecule has 0 aliphatic carbocycles. The van der Waals surface area contributed by atoms with Gasteiger partial charge in [0.25, 0.3) is 0 Å². The summed E-state index contributed by atoms with van der Waals surface area (Å²) in [4.78, 5) is 10.5. The molecule has 0 aliphatic rings. The van der Waals surface area contributed by atoms with Gasteiger partial charge in [0, 0.05) is 5.56 Å².